The molecule has 7 heteroatoms. The minimum Gasteiger partial charge on any atom is -0.366 e. The molecular formula is C17H14F3N3S. The molecule has 0 bridgehead atoms. The van der Waals surface area contributed by atoms with E-state index < -0.39 is 12.0 Å². The largest absolute Gasteiger partial charge is 0.451 e. The zero-order chi connectivity index (χ0) is 17.2. The third-order valence-electron chi connectivity index (χ3n) is 3.27. The molecule has 124 valence electrons. The highest BCUT2D eigenvalue weighted by Gasteiger charge is 2.35. The number of alkyl halides is 3. The standard InChI is InChI=1S/C17H14F3N3S/c1-11-10-13-14(21-9-5-8-12-6-3-2-4-7-12)22-16(17(18,19)20)23-15(13)24-11/h2-8,10H,9H2,1H3,(H,21,22,23). The first kappa shape index (κ1) is 16.4. The van der Waals surface area contributed by atoms with E-state index in [1.807, 2.05) is 49.4 Å². The third-order valence-corrected chi connectivity index (χ3v) is 4.21. The Bertz CT molecular complexity index is 870. The fraction of sp³-hybridized carbons (Fsp3) is 0.176. The van der Waals surface area contributed by atoms with E-state index >= 15 is 0 Å². The van der Waals surface area contributed by atoms with Gasteiger partial charge < -0.3 is 5.32 Å². The quantitative estimate of drug-likeness (QED) is 0.708. The van der Waals surface area contributed by atoms with E-state index in [0.717, 1.165) is 10.4 Å². The van der Waals surface area contributed by atoms with Gasteiger partial charge in [-0.05, 0) is 18.6 Å². The van der Waals surface area contributed by atoms with Gasteiger partial charge >= 0.3 is 6.18 Å². The van der Waals surface area contributed by atoms with Crippen molar-refractivity contribution in [2.45, 2.75) is 13.1 Å². The van der Waals surface area contributed by atoms with Crippen LogP contribution in [-0.4, -0.2) is 16.5 Å². The Balaban J connectivity index is 1.84. The Labute approximate surface area is 140 Å². The summed E-state index contributed by atoms with van der Waals surface area (Å²) < 4.78 is 38.9. The molecule has 0 saturated carbocycles. The number of aromatic nitrogens is 2. The number of hydrogen-bond acceptors (Lipinski definition) is 4. The van der Waals surface area contributed by atoms with Crippen molar-refractivity contribution in [1.82, 2.24) is 9.97 Å². The van der Waals surface area contributed by atoms with Gasteiger partial charge in [-0.2, -0.15) is 13.2 Å². The summed E-state index contributed by atoms with van der Waals surface area (Å²) in [7, 11) is 0. The minimum absolute atomic E-state index is 0.203. The lowest BCUT2D eigenvalue weighted by molar-refractivity contribution is -0.144. The number of thiophene rings is 1. The van der Waals surface area contributed by atoms with Crippen LogP contribution in [-0.2, 0) is 6.18 Å². The van der Waals surface area contributed by atoms with E-state index in [9.17, 15) is 13.2 Å². The van der Waals surface area contributed by atoms with Crippen molar-refractivity contribution in [3.63, 3.8) is 0 Å². The van der Waals surface area contributed by atoms with E-state index in [-0.39, 0.29) is 5.82 Å². The average molecular weight is 349 g/mol. The highest BCUT2D eigenvalue weighted by atomic mass is 32.1. The van der Waals surface area contributed by atoms with Crippen molar-refractivity contribution in [3.05, 3.63) is 58.7 Å². The van der Waals surface area contributed by atoms with Gasteiger partial charge in [-0.1, -0.05) is 42.5 Å². The smallest absolute Gasteiger partial charge is 0.366 e. The second kappa shape index (κ2) is 6.60. The summed E-state index contributed by atoms with van der Waals surface area (Å²) in [6.07, 6.45) is -0.826. The molecule has 0 spiro atoms. The van der Waals surface area contributed by atoms with Crippen molar-refractivity contribution in [2.75, 3.05) is 11.9 Å². The first-order chi connectivity index (χ1) is 11.4. The fourth-order valence-electron chi connectivity index (χ4n) is 2.22. The summed E-state index contributed by atoms with van der Waals surface area (Å²) >= 11 is 1.22. The predicted molar refractivity (Wildman–Crippen MR) is 91.1 cm³/mol. The van der Waals surface area contributed by atoms with Gasteiger partial charge in [-0.3, -0.25) is 0 Å². The number of hydrogen-bond donors (Lipinski definition) is 1. The summed E-state index contributed by atoms with van der Waals surface area (Å²) in [4.78, 5) is 8.51. The maximum Gasteiger partial charge on any atom is 0.451 e. The van der Waals surface area contributed by atoms with Gasteiger partial charge in [0, 0.05) is 11.4 Å². The summed E-state index contributed by atoms with van der Waals surface area (Å²) in [6, 6.07) is 11.5. The molecule has 3 rings (SSSR count). The predicted octanol–water partition coefficient (Wildman–Crippen LogP) is 5.14. The van der Waals surface area contributed by atoms with Crippen LogP contribution in [0, 0.1) is 6.92 Å². The van der Waals surface area contributed by atoms with Crippen molar-refractivity contribution in [2.24, 2.45) is 0 Å². The number of halogens is 3. The second-order valence-electron chi connectivity index (χ2n) is 5.16. The van der Waals surface area contributed by atoms with Crippen LogP contribution < -0.4 is 5.32 Å². The van der Waals surface area contributed by atoms with Crippen LogP contribution in [0.5, 0.6) is 0 Å². The van der Waals surface area contributed by atoms with Crippen LogP contribution in [0.3, 0.4) is 0 Å². The molecule has 0 atom stereocenters. The molecule has 3 nitrogen and oxygen atoms in total. The molecule has 0 aliphatic carbocycles. The van der Waals surface area contributed by atoms with Crippen LogP contribution in [0.15, 0.2) is 42.5 Å². The second-order valence-corrected chi connectivity index (χ2v) is 6.40. The summed E-state index contributed by atoms with van der Waals surface area (Å²) in [5, 5.41) is 3.56. The molecule has 0 fully saturated rings. The van der Waals surface area contributed by atoms with Crippen LogP contribution in [0.1, 0.15) is 16.3 Å². The van der Waals surface area contributed by atoms with E-state index in [4.69, 9.17) is 0 Å². The molecule has 24 heavy (non-hydrogen) atoms. The molecule has 0 saturated heterocycles. The summed E-state index contributed by atoms with van der Waals surface area (Å²) in [5.41, 5.74) is 1.02. The number of rotatable bonds is 4. The number of aryl methyl sites for hydroxylation is 1. The molecule has 1 aromatic carbocycles. The van der Waals surface area contributed by atoms with E-state index in [1.165, 1.54) is 11.3 Å². The third kappa shape index (κ3) is 3.73. The van der Waals surface area contributed by atoms with Crippen LogP contribution in [0.25, 0.3) is 16.3 Å². The van der Waals surface area contributed by atoms with E-state index in [2.05, 4.69) is 15.3 Å². The lowest BCUT2D eigenvalue weighted by atomic mass is 10.2. The Morgan fingerprint density at radius 2 is 1.92 bits per heavy atom. The SMILES string of the molecule is Cc1cc2c(NCC=Cc3ccccc3)nc(C(F)(F)F)nc2s1. The van der Waals surface area contributed by atoms with Crippen LogP contribution in [0.4, 0.5) is 19.0 Å². The highest BCUT2D eigenvalue weighted by molar-refractivity contribution is 7.18. The van der Waals surface area contributed by atoms with Crippen molar-refractivity contribution < 1.29 is 13.2 Å². The number of fused-ring (bicyclic) bond motifs is 1. The lowest BCUT2D eigenvalue weighted by Gasteiger charge is -2.09. The zero-order valence-electron chi connectivity index (χ0n) is 12.8. The number of nitrogens with zero attached hydrogens (tertiary/aromatic N) is 2. The highest BCUT2D eigenvalue weighted by Crippen LogP contribution is 2.33. The Morgan fingerprint density at radius 1 is 1.17 bits per heavy atom. The normalized spacial score (nSPS) is 12.2. The summed E-state index contributed by atoms with van der Waals surface area (Å²) in [5.74, 6) is -0.916. The molecule has 0 radical (unpaired) electrons. The molecule has 2 heterocycles. The Morgan fingerprint density at radius 3 is 2.62 bits per heavy atom. The van der Waals surface area contributed by atoms with Crippen LogP contribution >= 0.6 is 11.3 Å². The molecule has 0 unspecified atom stereocenters. The first-order valence-electron chi connectivity index (χ1n) is 7.24. The van der Waals surface area contributed by atoms with Gasteiger partial charge in [0.15, 0.2) is 0 Å². The number of nitrogens with one attached hydrogen (secondary N) is 1. The van der Waals surface area contributed by atoms with Gasteiger partial charge in [0.2, 0.25) is 5.82 Å². The zero-order valence-corrected chi connectivity index (χ0v) is 13.6. The van der Waals surface area contributed by atoms with Gasteiger partial charge in [0.1, 0.15) is 10.6 Å². The maximum atomic E-state index is 13.0. The van der Waals surface area contributed by atoms with Gasteiger partial charge in [0.25, 0.3) is 0 Å². The molecule has 2 aromatic heterocycles. The van der Waals surface area contributed by atoms with Crippen molar-refractivity contribution >= 4 is 33.4 Å². The molecule has 0 aliphatic heterocycles. The van der Waals surface area contributed by atoms with Gasteiger partial charge in [0.05, 0.1) is 5.39 Å². The number of benzene rings is 1. The Hall–Kier alpha value is -2.41. The minimum atomic E-state index is -4.57. The van der Waals surface area contributed by atoms with Crippen molar-refractivity contribution in [1.29, 1.82) is 0 Å². The molecule has 0 amide bonds. The summed E-state index contributed by atoms with van der Waals surface area (Å²) in [6.45, 7) is 2.20. The lowest BCUT2D eigenvalue weighted by Crippen LogP contribution is -2.13. The monoisotopic (exact) mass is 349 g/mol. The van der Waals surface area contributed by atoms with Gasteiger partial charge in [-0.15, -0.1) is 11.3 Å². The van der Waals surface area contributed by atoms with Gasteiger partial charge in [-0.25, -0.2) is 9.97 Å². The topological polar surface area (TPSA) is 37.8 Å². The Kier molecular flexibility index (Phi) is 4.53. The van der Waals surface area contributed by atoms with Crippen LogP contribution in [0.2, 0.25) is 0 Å². The maximum absolute atomic E-state index is 13.0. The van der Waals surface area contributed by atoms with E-state index in [0.29, 0.717) is 16.8 Å². The average Bonchev–Trinajstić information content (AvgIpc) is 2.92. The fourth-order valence-corrected chi connectivity index (χ4v) is 3.10. The molecule has 1 N–H and O–H groups in total. The molecule has 3 aromatic rings. The van der Waals surface area contributed by atoms with Crippen molar-refractivity contribution in [3.8, 4) is 0 Å². The van der Waals surface area contributed by atoms with E-state index in [1.54, 1.807) is 6.07 Å². The first-order valence-corrected chi connectivity index (χ1v) is 8.06. The molecular weight excluding hydrogens is 335 g/mol. The number of anilines is 1. The molecule has 0 aliphatic rings.